The van der Waals surface area contributed by atoms with E-state index in [0.717, 1.165) is 25.0 Å². The number of hydrogen-bond donors (Lipinski definition) is 2. The van der Waals surface area contributed by atoms with Crippen molar-refractivity contribution in [2.24, 2.45) is 10.9 Å². The summed E-state index contributed by atoms with van der Waals surface area (Å²) in [5.41, 5.74) is -0.193. The molecule has 0 amide bonds. The van der Waals surface area contributed by atoms with Crippen LogP contribution in [0.2, 0.25) is 0 Å². The largest absolute Gasteiger partial charge is 0.377 e. The van der Waals surface area contributed by atoms with Gasteiger partial charge in [0.15, 0.2) is 5.96 Å². The van der Waals surface area contributed by atoms with Gasteiger partial charge in [0.05, 0.1) is 12.1 Å². The van der Waals surface area contributed by atoms with Gasteiger partial charge in [0.1, 0.15) is 0 Å². The highest BCUT2D eigenvalue weighted by atomic mass is 16.5. The van der Waals surface area contributed by atoms with Crippen LogP contribution in [0.3, 0.4) is 0 Å². The van der Waals surface area contributed by atoms with Crippen LogP contribution in [-0.4, -0.2) is 38.3 Å². The van der Waals surface area contributed by atoms with Crippen molar-refractivity contribution in [3.63, 3.8) is 0 Å². The minimum absolute atomic E-state index is 0.193. The molecule has 1 fully saturated rings. The average Bonchev–Trinajstić information content (AvgIpc) is 3.06. The second kappa shape index (κ2) is 6.09. The molecule has 1 aliphatic rings. The number of hydrogen-bond acceptors (Lipinski definition) is 2. The Morgan fingerprint density at radius 1 is 1.38 bits per heavy atom. The SMILES string of the molecule is CCNC(=NCC(C)(C)OC)NCC1CC1. The number of guanidine groups is 1. The number of ether oxygens (including phenoxy) is 1. The molecule has 0 spiro atoms. The van der Waals surface area contributed by atoms with Gasteiger partial charge in [-0.3, -0.25) is 4.99 Å². The molecule has 94 valence electrons. The molecule has 0 saturated heterocycles. The Labute approximate surface area is 98.9 Å². The molecule has 0 aromatic rings. The van der Waals surface area contributed by atoms with Crippen molar-refractivity contribution in [3.8, 4) is 0 Å². The molecule has 16 heavy (non-hydrogen) atoms. The van der Waals surface area contributed by atoms with E-state index in [4.69, 9.17) is 4.74 Å². The molecular weight excluding hydrogens is 202 g/mol. The molecule has 0 bridgehead atoms. The van der Waals surface area contributed by atoms with Crippen molar-refractivity contribution in [2.75, 3.05) is 26.7 Å². The van der Waals surface area contributed by atoms with Crippen molar-refractivity contribution in [1.82, 2.24) is 10.6 Å². The summed E-state index contributed by atoms with van der Waals surface area (Å²) in [6, 6.07) is 0. The van der Waals surface area contributed by atoms with E-state index >= 15 is 0 Å². The first-order chi connectivity index (χ1) is 7.57. The first kappa shape index (κ1) is 13.3. The molecule has 0 aliphatic heterocycles. The van der Waals surface area contributed by atoms with Crippen LogP contribution in [0.1, 0.15) is 33.6 Å². The maximum absolute atomic E-state index is 5.34. The predicted molar refractivity (Wildman–Crippen MR) is 67.8 cm³/mol. The summed E-state index contributed by atoms with van der Waals surface area (Å²) in [5, 5.41) is 6.61. The van der Waals surface area contributed by atoms with Crippen LogP contribution in [0, 0.1) is 5.92 Å². The Bertz CT molecular complexity index is 234. The van der Waals surface area contributed by atoms with E-state index in [1.165, 1.54) is 12.8 Å². The van der Waals surface area contributed by atoms with Crippen LogP contribution >= 0.6 is 0 Å². The molecule has 0 atom stereocenters. The lowest BCUT2D eigenvalue weighted by Gasteiger charge is -2.21. The second-order valence-electron chi connectivity index (χ2n) is 4.98. The summed E-state index contributed by atoms with van der Waals surface area (Å²) >= 11 is 0. The Morgan fingerprint density at radius 3 is 2.56 bits per heavy atom. The van der Waals surface area contributed by atoms with E-state index in [9.17, 15) is 0 Å². The zero-order valence-corrected chi connectivity index (χ0v) is 11.0. The van der Waals surface area contributed by atoms with E-state index in [-0.39, 0.29) is 5.60 Å². The van der Waals surface area contributed by atoms with Crippen LogP contribution < -0.4 is 10.6 Å². The van der Waals surface area contributed by atoms with Crippen molar-refractivity contribution in [2.45, 2.75) is 39.2 Å². The van der Waals surface area contributed by atoms with Crippen molar-refractivity contribution >= 4 is 5.96 Å². The lowest BCUT2D eigenvalue weighted by Crippen LogP contribution is -2.40. The molecule has 0 aromatic heterocycles. The maximum atomic E-state index is 5.34. The number of nitrogens with one attached hydrogen (secondary N) is 2. The molecule has 0 aromatic carbocycles. The maximum Gasteiger partial charge on any atom is 0.191 e. The standard InChI is InChI=1S/C12H25N3O/c1-5-13-11(14-8-10-6-7-10)15-9-12(2,3)16-4/h10H,5-9H2,1-4H3,(H2,13,14,15). The number of rotatable bonds is 6. The summed E-state index contributed by atoms with van der Waals surface area (Å²) < 4.78 is 5.34. The van der Waals surface area contributed by atoms with Gasteiger partial charge in [-0.2, -0.15) is 0 Å². The minimum atomic E-state index is -0.193. The van der Waals surface area contributed by atoms with E-state index in [0.29, 0.717) is 6.54 Å². The zero-order valence-electron chi connectivity index (χ0n) is 11.0. The van der Waals surface area contributed by atoms with E-state index in [1.807, 2.05) is 13.8 Å². The highest BCUT2D eigenvalue weighted by Gasteiger charge is 2.21. The fourth-order valence-electron chi connectivity index (χ4n) is 1.24. The Balaban J connectivity index is 2.36. The molecule has 2 N–H and O–H groups in total. The fourth-order valence-corrected chi connectivity index (χ4v) is 1.24. The van der Waals surface area contributed by atoms with Gasteiger partial charge in [0.25, 0.3) is 0 Å². The van der Waals surface area contributed by atoms with Gasteiger partial charge in [-0.05, 0) is 39.5 Å². The molecule has 1 rings (SSSR count). The van der Waals surface area contributed by atoms with Gasteiger partial charge in [-0.1, -0.05) is 0 Å². The molecule has 0 unspecified atom stereocenters. The first-order valence-corrected chi connectivity index (χ1v) is 6.14. The molecule has 4 nitrogen and oxygen atoms in total. The lowest BCUT2D eigenvalue weighted by atomic mass is 10.1. The smallest absolute Gasteiger partial charge is 0.191 e. The Hall–Kier alpha value is -0.770. The molecular formula is C12H25N3O. The summed E-state index contributed by atoms with van der Waals surface area (Å²) in [4.78, 5) is 4.53. The normalized spacial score (nSPS) is 17.4. The third-order valence-electron chi connectivity index (χ3n) is 2.77. The van der Waals surface area contributed by atoms with Gasteiger partial charge in [0.2, 0.25) is 0 Å². The van der Waals surface area contributed by atoms with Crippen LogP contribution in [0.4, 0.5) is 0 Å². The molecule has 1 saturated carbocycles. The van der Waals surface area contributed by atoms with Crippen molar-refractivity contribution in [3.05, 3.63) is 0 Å². The highest BCUT2D eigenvalue weighted by Crippen LogP contribution is 2.27. The minimum Gasteiger partial charge on any atom is -0.377 e. The third-order valence-corrected chi connectivity index (χ3v) is 2.77. The topological polar surface area (TPSA) is 45.7 Å². The molecule has 0 heterocycles. The monoisotopic (exact) mass is 227 g/mol. The Kier molecular flexibility index (Phi) is 5.06. The lowest BCUT2D eigenvalue weighted by molar-refractivity contribution is 0.0310. The second-order valence-corrected chi connectivity index (χ2v) is 4.98. The van der Waals surface area contributed by atoms with E-state index in [1.54, 1.807) is 7.11 Å². The quantitative estimate of drug-likeness (QED) is 0.532. The molecule has 4 heteroatoms. The predicted octanol–water partition coefficient (Wildman–Crippen LogP) is 1.38. The van der Waals surface area contributed by atoms with Gasteiger partial charge in [-0.25, -0.2) is 0 Å². The number of aliphatic imine (C=N–C) groups is 1. The van der Waals surface area contributed by atoms with Gasteiger partial charge in [0, 0.05) is 20.2 Å². The summed E-state index contributed by atoms with van der Waals surface area (Å²) in [6.07, 6.45) is 2.71. The summed E-state index contributed by atoms with van der Waals surface area (Å²) in [6.45, 7) is 8.77. The van der Waals surface area contributed by atoms with Gasteiger partial charge >= 0.3 is 0 Å². The number of nitrogens with zero attached hydrogens (tertiary/aromatic N) is 1. The highest BCUT2D eigenvalue weighted by molar-refractivity contribution is 5.79. The van der Waals surface area contributed by atoms with Crippen LogP contribution in [0.25, 0.3) is 0 Å². The van der Waals surface area contributed by atoms with Gasteiger partial charge < -0.3 is 15.4 Å². The zero-order chi connectivity index (χ0) is 12.0. The molecule has 1 aliphatic carbocycles. The third kappa shape index (κ3) is 5.35. The van der Waals surface area contributed by atoms with E-state index in [2.05, 4.69) is 22.5 Å². The first-order valence-electron chi connectivity index (χ1n) is 6.14. The van der Waals surface area contributed by atoms with E-state index < -0.39 is 0 Å². The summed E-state index contributed by atoms with van der Waals surface area (Å²) in [7, 11) is 1.72. The van der Waals surface area contributed by atoms with Crippen LogP contribution in [-0.2, 0) is 4.74 Å². The van der Waals surface area contributed by atoms with Crippen molar-refractivity contribution in [1.29, 1.82) is 0 Å². The van der Waals surface area contributed by atoms with Gasteiger partial charge in [-0.15, -0.1) is 0 Å². The van der Waals surface area contributed by atoms with Crippen LogP contribution in [0.15, 0.2) is 4.99 Å². The fraction of sp³-hybridized carbons (Fsp3) is 0.917. The molecule has 0 radical (unpaired) electrons. The summed E-state index contributed by atoms with van der Waals surface area (Å²) in [5.74, 6) is 1.76. The number of methoxy groups -OCH3 is 1. The van der Waals surface area contributed by atoms with Crippen molar-refractivity contribution < 1.29 is 4.74 Å². The van der Waals surface area contributed by atoms with Crippen LogP contribution in [0.5, 0.6) is 0 Å². The average molecular weight is 227 g/mol. The Morgan fingerprint density at radius 2 is 2.06 bits per heavy atom.